The number of halogens is 1. The van der Waals surface area contributed by atoms with Gasteiger partial charge >= 0.3 is 6.09 Å². The Morgan fingerprint density at radius 1 is 1.27 bits per heavy atom. The van der Waals surface area contributed by atoms with Gasteiger partial charge in [-0.2, -0.15) is 0 Å². The standard InChI is InChI=1S/C22H36N4O3.HI/c1-22(2,3)29-21(27)26-14-8-9-17(16-26)15-25-20(23-4)24-13-12-18-10-6-7-11-19(18)28-5;/h6-7,10-11,17H,8-9,12-16H2,1-5H3,(H2,23,24,25);1H. The Hall–Kier alpha value is -1.71. The van der Waals surface area contributed by atoms with Crippen LogP contribution in [0.3, 0.4) is 0 Å². The zero-order valence-electron chi connectivity index (χ0n) is 18.9. The van der Waals surface area contributed by atoms with Gasteiger partial charge in [0.25, 0.3) is 0 Å². The maximum absolute atomic E-state index is 12.3. The lowest BCUT2D eigenvalue weighted by molar-refractivity contribution is 0.0168. The Bertz CT molecular complexity index is 691. The van der Waals surface area contributed by atoms with E-state index in [-0.39, 0.29) is 30.1 Å². The van der Waals surface area contributed by atoms with E-state index in [2.05, 4.69) is 21.7 Å². The average molecular weight is 532 g/mol. The van der Waals surface area contributed by atoms with Crippen molar-refractivity contribution in [3.8, 4) is 5.75 Å². The van der Waals surface area contributed by atoms with Crippen molar-refractivity contribution in [3.05, 3.63) is 29.8 Å². The highest BCUT2D eigenvalue weighted by atomic mass is 127. The molecule has 8 heteroatoms. The number of hydrogen-bond acceptors (Lipinski definition) is 4. The second-order valence-electron chi connectivity index (χ2n) is 8.38. The monoisotopic (exact) mass is 532 g/mol. The maximum atomic E-state index is 12.3. The topological polar surface area (TPSA) is 75.2 Å². The van der Waals surface area contributed by atoms with Crippen LogP contribution in [0.25, 0.3) is 0 Å². The fraction of sp³-hybridized carbons (Fsp3) is 0.636. The molecule has 30 heavy (non-hydrogen) atoms. The van der Waals surface area contributed by atoms with Crippen LogP contribution in [-0.2, 0) is 11.2 Å². The Balaban J connectivity index is 0.00000450. The van der Waals surface area contributed by atoms with Crippen LogP contribution in [0.1, 0.15) is 39.2 Å². The molecule has 1 aliphatic heterocycles. The van der Waals surface area contributed by atoms with Crippen LogP contribution in [0.4, 0.5) is 4.79 Å². The van der Waals surface area contributed by atoms with Gasteiger partial charge in [-0.25, -0.2) is 4.79 Å². The van der Waals surface area contributed by atoms with Gasteiger partial charge in [0.05, 0.1) is 7.11 Å². The third-order valence-corrected chi connectivity index (χ3v) is 4.83. The van der Waals surface area contributed by atoms with Crippen molar-refractivity contribution in [2.45, 2.75) is 45.6 Å². The SMILES string of the molecule is CN=C(NCCc1ccccc1OC)NCC1CCCN(C(=O)OC(C)(C)C)C1.I. The molecule has 1 heterocycles. The Morgan fingerprint density at radius 3 is 2.67 bits per heavy atom. The number of piperidine rings is 1. The van der Waals surface area contributed by atoms with Gasteiger partial charge in [0, 0.05) is 33.2 Å². The molecule has 1 atom stereocenters. The number of amides is 1. The van der Waals surface area contributed by atoms with Crippen molar-refractivity contribution in [1.82, 2.24) is 15.5 Å². The minimum atomic E-state index is -0.463. The van der Waals surface area contributed by atoms with Crippen molar-refractivity contribution in [3.63, 3.8) is 0 Å². The number of ether oxygens (including phenoxy) is 2. The number of nitrogens with zero attached hydrogens (tertiary/aromatic N) is 2. The minimum absolute atomic E-state index is 0. The summed E-state index contributed by atoms with van der Waals surface area (Å²) >= 11 is 0. The summed E-state index contributed by atoms with van der Waals surface area (Å²) < 4.78 is 10.9. The zero-order valence-corrected chi connectivity index (χ0v) is 21.2. The fourth-order valence-electron chi connectivity index (χ4n) is 3.41. The Morgan fingerprint density at radius 2 is 2.00 bits per heavy atom. The number of guanidine groups is 1. The second-order valence-corrected chi connectivity index (χ2v) is 8.38. The molecule has 1 aromatic rings. The van der Waals surface area contributed by atoms with Crippen molar-refractivity contribution < 1.29 is 14.3 Å². The molecule has 0 saturated carbocycles. The zero-order chi connectivity index (χ0) is 21.3. The summed E-state index contributed by atoms with van der Waals surface area (Å²) in [6.45, 7) is 8.69. The molecule has 7 nitrogen and oxygen atoms in total. The van der Waals surface area contributed by atoms with Crippen molar-refractivity contribution >= 4 is 36.0 Å². The van der Waals surface area contributed by atoms with Crippen LogP contribution in [-0.4, -0.2) is 62.9 Å². The number of benzene rings is 1. The van der Waals surface area contributed by atoms with Gasteiger partial charge in [-0.15, -0.1) is 24.0 Å². The van der Waals surface area contributed by atoms with Gasteiger partial charge < -0.3 is 25.0 Å². The Kier molecular flexibility index (Phi) is 11.3. The quantitative estimate of drug-likeness (QED) is 0.332. The summed E-state index contributed by atoms with van der Waals surface area (Å²) in [6.07, 6.45) is 2.71. The van der Waals surface area contributed by atoms with E-state index in [0.717, 1.165) is 50.6 Å². The lowest BCUT2D eigenvalue weighted by Crippen LogP contribution is -2.47. The van der Waals surface area contributed by atoms with E-state index >= 15 is 0 Å². The highest BCUT2D eigenvalue weighted by Crippen LogP contribution is 2.19. The number of likely N-dealkylation sites (tertiary alicyclic amines) is 1. The summed E-state index contributed by atoms with van der Waals surface area (Å²) in [5, 5.41) is 6.74. The van der Waals surface area contributed by atoms with Gasteiger partial charge in [-0.05, 0) is 57.6 Å². The molecule has 1 unspecified atom stereocenters. The van der Waals surface area contributed by atoms with E-state index in [1.54, 1.807) is 14.2 Å². The second kappa shape index (κ2) is 12.9. The molecule has 0 spiro atoms. The number of hydrogen-bond donors (Lipinski definition) is 2. The number of carbonyl (C=O) groups is 1. The van der Waals surface area contributed by atoms with Crippen LogP contribution in [0.2, 0.25) is 0 Å². The van der Waals surface area contributed by atoms with Gasteiger partial charge in [0.1, 0.15) is 11.4 Å². The molecule has 0 aliphatic carbocycles. The van der Waals surface area contributed by atoms with E-state index in [1.807, 2.05) is 43.9 Å². The van der Waals surface area contributed by atoms with E-state index in [1.165, 1.54) is 5.56 Å². The first kappa shape index (κ1) is 26.3. The molecular weight excluding hydrogens is 495 g/mol. The summed E-state index contributed by atoms with van der Waals surface area (Å²) in [7, 11) is 3.46. The van der Waals surface area contributed by atoms with Crippen molar-refractivity contribution in [1.29, 1.82) is 0 Å². The third-order valence-electron chi connectivity index (χ3n) is 4.83. The van der Waals surface area contributed by atoms with E-state index in [4.69, 9.17) is 9.47 Å². The molecule has 0 radical (unpaired) electrons. The van der Waals surface area contributed by atoms with Crippen LogP contribution >= 0.6 is 24.0 Å². The first-order valence-electron chi connectivity index (χ1n) is 10.4. The summed E-state index contributed by atoms with van der Waals surface area (Å²) in [4.78, 5) is 18.4. The molecule has 0 bridgehead atoms. The molecule has 2 rings (SSSR count). The summed E-state index contributed by atoms with van der Waals surface area (Å²) in [6, 6.07) is 8.04. The number of rotatable bonds is 6. The molecule has 0 aromatic heterocycles. The van der Waals surface area contributed by atoms with Crippen molar-refractivity contribution in [2.24, 2.45) is 10.9 Å². The first-order chi connectivity index (χ1) is 13.8. The van der Waals surface area contributed by atoms with Crippen LogP contribution < -0.4 is 15.4 Å². The van der Waals surface area contributed by atoms with Gasteiger partial charge in [-0.3, -0.25) is 4.99 Å². The highest BCUT2D eigenvalue weighted by Gasteiger charge is 2.27. The number of aliphatic imine (C=N–C) groups is 1. The third kappa shape index (κ3) is 8.97. The van der Waals surface area contributed by atoms with Crippen LogP contribution in [0, 0.1) is 5.92 Å². The van der Waals surface area contributed by atoms with Crippen LogP contribution in [0.5, 0.6) is 5.75 Å². The van der Waals surface area contributed by atoms with E-state index in [9.17, 15) is 4.79 Å². The molecule has 1 aliphatic rings. The fourth-order valence-corrected chi connectivity index (χ4v) is 3.41. The highest BCUT2D eigenvalue weighted by molar-refractivity contribution is 14.0. The van der Waals surface area contributed by atoms with Gasteiger partial charge in [0.2, 0.25) is 0 Å². The first-order valence-corrected chi connectivity index (χ1v) is 10.4. The summed E-state index contributed by atoms with van der Waals surface area (Å²) in [5.74, 6) is 2.06. The number of nitrogens with one attached hydrogen (secondary N) is 2. The lowest BCUT2D eigenvalue weighted by Gasteiger charge is -2.34. The molecule has 1 aromatic carbocycles. The molecule has 170 valence electrons. The molecule has 1 fully saturated rings. The van der Waals surface area contributed by atoms with Crippen molar-refractivity contribution in [2.75, 3.05) is 40.3 Å². The summed E-state index contributed by atoms with van der Waals surface area (Å²) in [5.41, 5.74) is 0.702. The normalized spacial score (nSPS) is 17.0. The predicted octanol–water partition coefficient (Wildman–Crippen LogP) is 3.67. The van der Waals surface area contributed by atoms with E-state index in [0.29, 0.717) is 12.5 Å². The maximum Gasteiger partial charge on any atom is 0.410 e. The molecular formula is C22H37IN4O3. The molecule has 1 saturated heterocycles. The van der Waals surface area contributed by atoms with Gasteiger partial charge in [0.15, 0.2) is 5.96 Å². The van der Waals surface area contributed by atoms with Crippen LogP contribution in [0.15, 0.2) is 29.3 Å². The molecule has 1 amide bonds. The minimum Gasteiger partial charge on any atom is -0.496 e. The predicted molar refractivity (Wildman–Crippen MR) is 132 cm³/mol. The largest absolute Gasteiger partial charge is 0.496 e. The lowest BCUT2D eigenvalue weighted by atomic mass is 9.98. The average Bonchev–Trinajstić information content (AvgIpc) is 2.69. The van der Waals surface area contributed by atoms with E-state index < -0.39 is 5.60 Å². The number of methoxy groups -OCH3 is 1. The Labute approximate surface area is 198 Å². The number of carbonyl (C=O) groups excluding carboxylic acids is 1. The number of para-hydroxylation sites is 1. The smallest absolute Gasteiger partial charge is 0.410 e. The molecule has 2 N–H and O–H groups in total. The van der Waals surface area contributed by atoms with Gasteiger partial charge in [-0.1, -0.05) is 18.2 Å².